The lowest BCUT2D eigenvalue weighted by atomic mass is 10.1. The maximum absolute atomic E-state index is 10.7. The first kappa shape index (κ1) is 8.94. The topological polar surface area (TPSA) is 43.4 Å². The van der Waals surface area contributed by atoms with E-state index in [0.29, 0.717) is 29.4 Å². The molecule has 0 atom stereocenters. The van der Waals surface area contributed by atoms with E-state index in [-0.39, 0.29) is 6.10 Å². The molecule has 0 spiro atoms. The van der Waals surface area contributed by atoms with Gasteiger partial charge in [0.15, 0.2) is 12.6 Å². The molecule has 0 unspecified atom stereocenters. The van der Waals surface area contributed by atoms with E-state index in [1.165, 1.54) is 0 Å². The summed E-state index contributed by atoms with van der Waals surface area (Å²) in [6, 6.07) is 4.97. The zero-order chi connectivity index (χ0) is 9.97. The second-order valence-corrected chi connectivity index (χ2v) is 3.32. The van der Waals surface area contributed by atoms with E-state index in [4.69, 9.17) is 4.74 Å². The zero-order valence-corrected chi connectivity index (χ0v) is 7.60. The molecule has 72 valence electrons. The van der Waals surface area contributed by atoms with E-state index < -0.39 is 0 Å². The highest BCUT2D eigenvalue weighted by molar-refractivity contribution is 5.88. The zero-order valence-electron chi connectivity index (χ0n) is 7.60. The molecule has 0 saturated heterocycles. The Bertz CT molecular complexity index is 341. The van der Waals surface area contributed by atoms with E-state index in [9.17, 15) is 9.59 Å². The van der Waals surface area contributed by atoms with Crippen molar-refractivity contribution in [3.8, 4) is 5.75 Å². The summed E-state index contributed by atoms with van der Waals surface area (Å²) in [6.07, 6.45) is 3.63. The smallest absolute Gasteiger partial charge is 0.153 e. The second kappa shape index (κ2) is 3.62. The highest BCUT2D eigenvalue weighted by Gasteiger charge is 2.25. The predicted octanol–water partition coefficient (Wildman–Crippen LogP) is 1.85. The highest BCUT2D eigenvalue weighted by Crippen LogP contribution is 2.30. The molecule has 0 aromatic heterocycles. The first-order valence-electron chi connectivity index (χ1n) is 4.55. The molecule has 0 heterocycles. The van der Waals surface area contributed by atoms with Gasteiger partial charge in [0.05, 0.1) is 17.2 Å². The Kier molecular flexibility index (Phi) is 2.31. The Morgan fingerprint density at radius 2 is 1.71 bits per heavy atom. The maximum Gasteiger partial charge on any atom is 0.153 e. The average molecular weight is 190 g/mol. The minimum Gasteiger partial charge on any atom is -0.489 e. The molecule has 0 amide bonds. The molecular weight excluding hydrogens is 180 g/mol. The van der Waals surface area contributed by atoms with Gasteiger partial charge in [0.1, 0.15) is 5.75 Å². The van der Waals surface area contributed by atoms with Gasteiger partial charge in [0, 0.05) is 0 Å². The van der Waals surface area contributed by atoms with Crippen LogP contribution in [0.4, 0.5) is 0 Å². The summed E-state index contributed by atoms with van der Waals surface area (Å²) in [5, 5.41) is 0. The number of benzene rings is 1. The number of rotatable bonds is 4. The van der Waals surface area contributed by atoms with Crippen molar-refractivity contribution < 1.29 is 14.3 Å². The molecular formula is C11H10O3. The average Bonchev–Trinajstić information content (AvgIpc) is 3.02. The van der Waals surface area contributed by atoms with Crippen molar-refractivity contribution in [1.82, 2.24) is 0 Å². The van der Waals surface area contributed by atoms with Crippen LogP contribution in [-0.4, -0.2) is 18.7 Å². The second-order valence-electron chi connectivity index (χ2n) is 3.32. The van der Waals surface area contributed by atoms with E-state index in [1.54, 1.807) is 18.2 Å². The number of carbonyl (C=O) groups excluding carboxylic acids is 2. The third-order valence-corrected chi connectivity index (χ3v) is 2.14. The lowest BCUT2D eigenvalue weighted by Crippen LogP contribution is -2.02. The van der Waals surface area contributed by atoms with Crippen molar-refractivity contribution in [3.63, 3.8) is 0 Å². The molecule has 1 saturated carbocycles. The molecule has 3 heteroatoms. The summed E-state index contributed by atoms with van der Waals surface area (Å²) in [5.74, 6) is 0.431. The Morgan fingerprint density at radius 3 is 2.14 bits per heavy atom. The molecule has 0 N–H and O–H groups in total. The Hall–Kier alpha value is -1.64. The number of carbonyl (C=O) groups is 2. The van der Waals surface area contributed by atoms with Crippen LogP contribution in [0.2, 0.25) is 0 Å². The van der Waals surface area contributed by atoms with Crippen LogP contribution in [0.5, 0.6) is 5.75 Å². The number of ether oxygens (including phenoxy) is 1. The third kappa shape index (κ3) is 1.66. The van der Waals surface area contributed by atoms with Gasteiger partial charge in [-0.05, 0) is 25.0 Å². The van der Waals surface area contributed by atoms with Gasteiger partial charge in [0.25, 0.3) is 0 Å². The largest absolute Gasteiger partial charge is 0.489 e. The van der Waals surface area contributed by atoms with Crippen LogP contribution in [0.25, 0.3) is 0 Å². The van der Waals surface area contributed by atoms with E-state index in [1.807, 2.05) is 0 Å². The highest BCUT2D eigenvalue weighted by atomic mass is 16.5. The molecule has 1 fully saturated rings. The van der Waals surface area contributed by atoms with Gasteiger partial charge in [-0.3, -0.25) is 9.59 Å². The van der Waals surface area contributed by atoms with Crippen molar-refractivity contribution in [2.45, 2.75) is 18.9 Å². The number of hydrogen-bond donors (Lipinski definition) is 0. The quantitative estimate of drug-likeness (QED) is 0.680. The fraction of sp³-hybridized carbons (Fsp3) is 0.273. The van der Waals surface area contributed by atoms with Crippen LogP contribution in [-0.2, 0) is 0 Å². The summed E-state index contributed by atoms with van der Waals surface area (Å²) in [5.41, 5.74) is 0.892. The van der Waals surface area contributed by atoms with E-state index >= 15 is 0 Å². The normalized spacial score (nSPS) is 14.9. The van der Waals surface area contributed by atoms with Gasteiger partial charge < -0.3 is 4.74 Å². The van der Waals surface area contributed by atoms with Gasteiger partial charge in [-0.1, -0.05) is 6.07 Å². The SMILES string of the molecule is O=Cc1cccc(C=O)c1OC1CC1. The van der Waals surface area contributed by atoms with Crippen molar-refractivity contribution in [1.29, 1.82) is 0 Å². The number of para-hydroxylation sites is 1. The molecule has 2 rings (SSSR count). The van der Waals surface area contributed by atoms with Gasteiger partial charge in [0.2, 0.25) is 0 Å². The lowest BCUT2D eigenvalue weighted by Gasteiger charge is -2.08. The van der Waals surface area contributed by atoms with Crippen molar-refractivity contribution >= 4 is 12.6 Å². The summed E-state index contributed by atoms with van der Waals surface area (Å²) in [4.78, 5) is 21.4. The van der Waals surface area contributed by atoms with Crippen molar-refractivity contribution in [2.75, 3.05) is 0 Å². The standard InChI is InChI=1S/C11H10O3/c12-6-8-2-1-3-9(7-13)11(8)14-10-4-5-10/h1-3,6-7,10H,4-5H2. The molecule has 1 aromatic carbocycles. The summed E-state index contributed by atoms with van der Waals surface area (Å²) in [6.45, 7) is 0. The van der Waals surface area contributed by atoms with Crippen molar-refractivity contribution in [3.05, 3.63) is 29.3 Å². The first-order chi connectivity index (χ1) is 6.85. The Balaban J connectivity index is 2.38. The maximum atomic E-state index is 10.7. The van der Waals surface area contributed by atoms with Crippen LogP contribution in [0, 0.1) is 0 Å². The van der Waals surface area contributed by atoms with Crippen LogP contribution in [0.15, 0.2) is 18.2 Å². The molecule has 1 aromatic rings. The monoisotopic (exact) mass is 190 g/mol. The minimum atomic E-state index is 0.190. The molecule has 0 radical (unpaired) electrons. The van der Waals surface area contributed by atoms with Gasteiger partial charge in [-0.15, -0.1) is 0 Å². The first-order valence-corrected chi connectivity index (χ1v) is 4.55. The Morgan fingerprint density at radius 1 is 1.14 bits per heavy atom. The number of hydrogen-bond acceptors (Lipinski definition) is 3. The fourth-order valence-electron chi connectivity index (χ4n) is 1.25. The van der Waals surface area contributed by atoms with E-state index in [0.717, 1.165) is 12.8 Å². The summed E-state index contributed by atoms with van der Waals surface area (Å²) < 4.78 is 5.51. The van der Waals surface area contributed by atoms with Crippen LogP contribution in [0.3, 0.4) is 0 Å². The molecule has 3 nitrogen and oxygen atoms in total. The number of aldehydes is 2. The summed E-state index contributed by atoms with van der Waals surface area (Å²) in [7, 11) is 0. The molecule has 14 heavy (non-hydrogen) atoms. The molecule has 0 aliphatic heterocycles. The van der Waals surface area contributed by atoms with Crippen LogP contribution >= 0.6 is 0 Å². The predicted molar refractivity (Wildman–Crippen MR) is 50.9 cm³/mol. The van der Waals surface area contributed by atoms with Crippen molar-refractivity contribution in [2.24, 2.45) is 0 Å². The lowest BCUT2D eigenvalue weighted by molar-refractivity contribution is 0.111. The Labute approximate surface area is 81.7 Å². The van der Waals surface area contributed by atoms with E-state index in [2.05, 4.69) is 0 Å². The fourth-order valence-corrected chi connectivity index (χ4v) is 1.25. The van der Waals surface area contributed by atoms with Crippen LogP contribution < -0.4 is 4.74 Å². The molecule has 1 aliphatic rings. The van der Waals surface area contributed by atoms with Gasteiger partial charge in [-0.25, -0.2) is 0 Å². The molecule has 0 bridgehead atoms. The van der Waals surface area contributed by atoms with Gasteiger partial charge in [-0.2, -0.15) is 0 Å². The third-order valence-electron chi connectivity index (χ3n) is 2.14. The van der Waals surface area contributed by atoms with Crippen LogP contribution in [0.1, 0.15) is 33.6 Å². The summed E-state index contributed by atoms with van der Waals surface area (Å²) >= 11 is 0. The molecule has 1 aliphatic carbocycles. The minimum absolute atomic E-state index is 0.190. The van der Waals surface area contributed by atoms with Gasteiger partial charge >= 0.3 is 0 Å².